The lowest BCUT2D eigenvalue weighted by atomic mass is 10.1. The van der Waals surface area contributed by atoms with Gasteiger partial charge in [-0.2, -0.15) is 0 Å². The first-order chi connectivity index (χ1) is 11.0. The molecule has 0 bridgehead atoms. The van der Waals surface area contributed by atoms with E-state index < -0.39 is 5.97 Å². The van der Waals surface area contributed by atoms with Crippen LogP contribution in [0.4, 0.5) is 0 Å². The third kappa shape index (κ3) is 3.26. The first-order valence-electron chi connectivity index (χ1n) is 7.62. The number of carboxylic acids is 1. The van der Waals surface area contributed by atoms with Crippen LogP contribution in [-0.2, 0) is 18.3 Å². The van der Waals surface area contributed by atoms with Crippen molar-refractivity contribution in [2.75, 3.05) is 13.1 Å². The summed E-state index contributed by atoms with van der Waals surface area (Å²) in [6.07, 6.45) is 4.83. The molecule has 1 aromatic heterocycles. The predicted molar refractivity (Wildman–Crippen MR) is 84.3 cm³/mol. The Kier molecular flexibility index (Phi) is 4.14. The van der Waals surface area contributed by atoms with E-state index in [1.807, 2.05) is 22.7 Å². The van der Waals surface area contributed by atoms with Gasteiger partial charge in [0.05, 0.1) is 12.0 Å². The number of hydrogen-bond donors (Lipinski definition) is 1. The van der Waals surface area contributed by atoms with Gasteiger partial charge in [0.15, 0.2) is 0 Å². The average molecular weight is 313 g/mol. The van der Waals surface area contributed by atoms with Crippen LogP contribution in [0.1, 0.15) is 34.1 Å². The smallest absolute Gasteiger partial charge is 0.335 e. The number of carbonyl (C=O) groups excluding carboxylic acids is 1. The zero-order valence-electron chi connectivity index (χ0n) is 13.0. The second-order valence-electron chi connectivity index (χ2n) is 5.90. The first kappa shape index (κ1) is 15.3. The summed E-state index contributed by atoms with van der Waals surface area (Å²) >= 11 is 0. The largest absolute Gasteiger partial charge is 0.478 e. The van der Waals surface area contributed by atoms with E-state index in [2.05, 4.69) is 4.98 Å². The number of carbonyl (C=O) groups is 2. The average Bonchev–Trinajstić information content (AvgIpc) is 3.16. The summed E-state index contributed by atoms with van der Waals surface area (Å²) in [7, 11) is 1.96. The third-order valence-electron chi connectivity index (χ3n) is 4.29. The molecule has 0 radical (unpaired) electrons. The van der Waals surface area contributed by atoms with Crippen molar-refractivity contribution in [3.8, 4) is 0 Å². The maximum atomic E-state index is 12.4. The highest BCUT2D eigenvalue weighted by Gasteiger charge is 2.29. The molecule has 1 aliphatic heterocycles. The SMILES string of the molecule is Cn1ccnc1C1CCN(C(=O)Cc2cccc(C(=O)O)c2)C1. The normalized spacial score (nSPS) is 17.4. The molecular formula is C17H19N3O3. The molecule has 1 saturated heterocycles. The fourth-order valence-corrected chi connectivity index (χ4v) is 3.07. The van der Waals surface area contributed by atoms with Crippen molar-refractivity contribution >= 4 is 11.9 Å². The molecule has 6 heteroatoms. The van der Waals surface area contributed by atoms with E-state index >= 15 is 0 Å². The fourth-order valence-electron chi connectivity index (χ4n) is 3.07. The summed E-state index contributed by atoms with van der Waals surface area (Å²) in [4.78, 5) is 29.7. The molecule has 1 fully saturated rings. The summed E-state index contributed by atoms with van der Waals surface area (Å²) in [6.45, 7) is 1.39. The van der Waals surface area contributed by atoms with Crippen molar-refractivity contribution in [1.29, 1.82) is 0 Å². The molecule has 120 valence electrons. The van der Waals surface area contributed by atoms with Gasteiger partial charge in [0, 0.05) is 38.4 Å². The van der Waals surface area contributed by atoms with E-state index in [-0.39, 0.29) is 23.8 Å². The Morgan fingerprint density at radius 1 is 1.39 bits per heavy atom. The molecule has 1 amide bonds. The molecule has 0 saturated carbocycles. The Hall–Kier alpha value is -2.63. The van der Waals surface area contributed by atoms with Gasteiger partial charge >= 0.3 is 5.97 Å². The second-order valence-corrected chi connectivity index (χ2v) is 5.90. The van der Waals surface area contributed by atoms with Crippen molar-refractivity contribution in [3.63, 3.8) is 0 Å². The highest BCUT2D eigenvalue weighted by atomic mass is 16.4. The van der Waals surface area contributed by atoms with Gasteiger partial charge in [0.25, 0.3) is 0 Å². The predicted octanol–water partition coefficient (Wildman–Crippen LogP) is 1.68. The number of aromatic carboxylic acids is 1. The zero-order chi connectivity index (χ0) is 16.4. The van der Waals surface area contributed by atoms with Gasteiger partial charge in [-0.15, -0.1) is 0 Å². The first-order valence-corrected chi connectivity index (χ1v) is 7.62. The summed E-state index contributed by atoms with van der Waals surface area (Å²) in [5.74, 6) is 0.331. The lowest BCUT2D eigenvalue weighted by Crippen LogP contribution is -2.30. The van der Waals surface area contributed by atoms with Gasteiger partial charge in [0.2, 0.25) is 5.91 Å². The number of rotatable bonds is 4. The number of nitrogens with zero attached hydrogens (tertiary/aromatic N) is 3. The Bertz CT molecular complexity index is 738. The van der Waals surface area contributed by atoms with E-state index in [1.54, 1.807) is 24.4 Å². The van der Waals surface area contributed by atoms with Gasteiger partial charge in [-0.1, -0.05) is 12.1 Å². The van der Waals surface area contributed by atoms with Crippen molar-refractivity contribution in [2.45, 2.75) is 18.8 Å². The van der Waals surface area contributed by atoms with E-state index in [1.165, 1.54) is 6.07 Å². The summed E-state index contributed by atoms with van der Waals surface area (Å²) in [5, 5.41) is 9.02. The van der Waals surface area contributed by atoms with Crippen LogP contribution in [0.2, 0.25) is 0 Å². The lowest BCUT2D eigenvalue weighted by Gasteiger charge is -2.16. The summed E-state index contributed by atoms with van der Waals surface area (Å²) in [6, 6.07) is 6.55. The minimum atomic E-state index is -0.977. The van der Waals surface area contributed by atoms with Crippen LogP contribution in [0.15, 0.2) is 36.7 Å². The van der Waals surface area contributed by atoms with Crippen LogP contribution in [-0.4, -0.2) is 44.5 Å². The van der Waals surface area contributed by atoms with Crippen LogP contribution in [0.3, 0.4) is 0 Å². The van der Waals surface area contributed by atoms with Crippen LogP contribution in [0.25, 0.3) is 0 Å². The Labute approximate surface area is 134 Å². The Balaban J connectivity index is 1.64. The minimum Gasteiger partial charge on any atom is -0.478 e. The Morgan fingerprint density at radius 3 is 2.91 bits per heavy atom. The zero-order valence-corrected chi connectivity index (χ0v) is 13.0. The molecular weight excluding hydrogens is 294 g/mol. The molecule has 0 spiro atoms. The number of carboxylic acid groups (broad SMARTS) is 1. The van der Waals surface area contributed by atoms with Crippen LogP contribution >= 0.6 is 0 Å². The minimum absolute atomic E-state index is 0.0317. The quantitative estimate of drug-likeness (QED) is 0.932. The lowest BCUT2D eigenvalue weighted by molar-refractivity contribution is -0.129. The standard InChI is InChI=1S/C17H19N3O3/c1-19-8-6-18-16(19)14-5-7-20(11-14)15(21)10-12-3-2-4-13(9-12)17(22)23/h2-4,6,8-9,14H,5,7,10-11H2,1H3,(H,22,23). The van der Waals surface area contributed by atoms with Crippen LogP contribution in [0, 0.1) is 0 Å². The van der Waals surface area contributed by atoms with E-state index in [4.69, 9.17) is 5.11 Å². The molecule has 1 unspecified atom stereocenters. The molecule has 1 aromatic carbocycles. The number of amides is 1. The monoisotopic (exact) mass is 313 g/mol. The van der Waals surface area contributed by atoms with Gasteiger partial charge in [0.1, 0.15) is 5.82 Å². The van der Waals surface area contributed by atoms with Crippen molar-refractivity contribution in [3.05, 3.63) is 53.6 Å². The molecule has 6 nitrogen and oxygen atoms in total. The third-order valence-corrected chi connectivity index (χ3v) is 4.29. The molecule has 0 aliphatic carbocycles. The molecule has 1 aliphatic rings. The van der Waals surface area contributed by atoms with E-state index in [9.17, 15) is 9.59 Å². The summed E-state index contributed by atoms with van der Waals surface area (Å²) in [5.41, 5.74) is 0.943. The fraction of sp³-hybridized carbons (Fsp3) is 0.353. The number of hydrogen-bond acceptors (Lipinski definition) is 3. The van der Waals surface area contributed by atoms with E-state index in [0.717, 1.165) is 24.4 Å². The number of aromatic nitrogens is 2. The van der Waals surface area contributed by atoms with Crippen LogP contribution < -0.4 is 0 Å². The van der Waals surface area contributed by atoms with Gasteiger partial charge in [-0.05, 0) is 24.1 Å². The Morgan fingerprint density at radius 2 is 2.22 bits per heavy atom. The molecule has 2 aromatic rings. The number of aryl methyl sites for hydroxylation is 1. The molecule has 1 atom stereocenters. The highest BCUT2D eigenvalue weighted by molar-refractivity contribution is 5.88. The maximum absolute atomic E-state index is 12.4. The molecule has 1 N–H and O–H groups in total. The molecule has 3 rings (SSSR count). The maximum Gasteiger partial charge on any atom is 0.335 e. The molecule has 23 heavy (non-hydrogen) atoms. The van der Waals surface area contributed by atoms with Crippen LogP contribution in [0.5, 0.6) is 0 Å². The number of imidazole rings is 1. The second kappa shape index (κ2) is 6.24. The van der Waals surface area contributed by atoms with E-state index in [0.29, 0.717) is 6.54 Å². The topological polar surface area (TPSA) is 75.4 Å². The summed E-state index contributed by atoms with van der Waals surface area (Å²) < 4.78 is 2.00. The number of likely N-dealkylation sites (tertiary alicyclic amines) is 1. The van der Waals surface area contributed by atoms with Crippen molar-refractivity contribution < 1.29 is 14.7 Å². The van der Waals surface area contributed by atoms with Gasteiger partial charge < -0.3 is 14.6 Å². The van der Waals surface area contributed by atoms with Gasteiger partial charge in [-0.3, -0.25) is 4.79 Å². The highest BCUT2D eigenvalue weighted by Crippen LogP contribution is 2.26. The van der Waals surface area contributed by atoms with Crippen molar-refractivity contribution in [2.24, 2.45) is 7.05 Å². The number of benzene rings is 1. The van der Waals surface area contributed by atoms with Gasteiger partial charge in [-0.25, -0.2) is 9.78 Å². The van der Waals surface area contributed by atoms with Crippen molar-refractivity contribution in [1.82, 2.24) is 14.5 Å². The molecule has 2 heterocycles.